The maximum atomic E-state index is 11.3. The summed E-state index contributed by atoms with van der Waals surface area (Å²) in [6.07, 6.45) is 3.02. The van der Waals surface area contributed by atoms with Gasteiger partial charge in [-0.3, -0.25) is 14.7 Å². The number of amides is 1. The molecule has 0 aliphatic carbocycles. The number of hydrogen-bond acceptors (Lipinski definition) is 5. The van der Waals surface area contributed by atoms with Crippen molar-refractivity contribution in [1.82, 2.24) is 20.4 Å². The van der Waals surface area contributed by atoms with Crippen LogP contribution in [0.1, 0.15) is 19.3 Å². The van der Waals surface area contributed by atoms with Crippen molar-refractivity contribution < 1.29 is 9.53 Å². The Labute approximate surface area is 174 Å². The summed E-state index contributed by atoms with van der Waals surface area (Å²) in [6.45, 7) is 9.30. The molecule has 152 valence electrons. The first-order valence-corrected chi connectivity index (χ1v) is 9.45. The molecule has 1 amide bonds. The fourth-order valence-corrected chi connectivity index (χ4v) is 3.38. The second-order valence-corrected chi connectivity index (χ2v) is 6.78. The summed E-state index contributed by atoms with van der Waals surface area (Å²) in [7, 11) is 1.80. The number of nitrogens with two attached hydrogens (primary N) is 1. The molecule has 2 rings (SSSR count). The van der Waals surface area contributed by atoms with E-state index in [0.717, 1.165) is 90.8 Å². The Bertz CT molecular complexity index is 431. The molecule has 2 aliphatic rings. The molecular formula is C17H35IN6O2. The van der Waals surface area contributed by atoms with Crippen LogP contribution in [0.2, 0.25) is 0 Å². The first-order chi connectivity index (χ1) is 12.2. The Morgan fingerprint density at radius 3 is 2.58 bits per heavy atom. The van der Waals surface area contributed by atoms with Crippen molar-refractivity contribution in [3.8, 4) is 0 Å². The normalized spacial score (nSPS) is 22.5. The number of halogens is 1. The number of ether oxygens (including phenoxy) is 1. The first-order valence-electron chi connectivity index (χ1n) is 9.45. The van der Waals surface area contributed by atoms with Crippen molar-refractivity contribution in [2.75, 3.05) is 72.6 Å². The third-order valence-electron chi connectivity index (χ3n) is 4.90. The molecular weight excluding hydrogens is 447 g/mol. The Morgan fingerprint density at radius 1 is 1.15 bits per heavy atom. The quantitative estimate of drug-likeness (QED) is 0.190. The number of primary amides is 1. The number of guanidine groups is 1. The van der Waals surface area contributed by atoms with Gasteiger partial charge in [0.2, 0.25) is 5.91 Å². The van der Waals surface area contributed by atoms with Crippen LogP contribution < -0.4 is 16.4 Å². The van der Waals surface area contributed by atoms with Gasteiger partial charge in [-0.1, -0.05) is 0 Å². The number of rotatable bonds is 8. The fraction of sp³-hybridized carbons (Fsp3) is 0.882. The number of carbonyl (C=O) groups excluding carboxylic acids is 1. The van der Waals surface area contributed by atoms with Gasteiger partial charge >= 0.3 is 0 Å². The first kappa shape index (κ1) is 23.4. The molecule has 8 nitrogen and oxygen atoms in total. The summed E-state index contributed by atoms with van der Waals surface area (Å²) in [5.74, 6) is 0.714. The Kier molecular flexibility index (Phi) is 12.2. The smallest absolute Gasteiger partial charge is 0.221 e. The lowest BCUT2D eigenvalue weighted by atomic mass is 9.97. The number of nitrogens with one attached hydrogen (secondary N) is 2. The molecule has 0 radical (unpaired) electrons. The largest absolute Gasteiger partial charge is 0.379 e. The van der Waals surface area contributed by atoms with Gasteiger partial charge in [-0.05, 0) is 32.4 Å². The van der Waals surface area contributed by atoms with Gasteiger partial charge in [0, 0.05) is 46.3 Å². The molecule has 2 saturated heterocycles. The van der Waals surface area contributed by atoms with E-state index in [1.165, 1.54) is 0 Å². The number of carbonyl (C=O) groups is 1. The minimum absolute atomic E-state index is 0. The summed E-state index contributed by atoms with van der Waals surface area (Å²) >= 11 is 0. The van der Waals surface area contributed by atoms with Crippen LogP contribution in [0.15, 0.2) is 4.99 Å². The number of hydrogen-bond donors (Lipinski definition) is 3. The predicted octanol–water partition coefficient (Wildman–Crippen LogP) is -0.311. The van der Waals surface area contributed by atoms with Crippen LogP contribution >= 0.6 is 24.0 Å². The summed E-state index contributed by atoms with van der Waals surface area (Å²) in [5.41, 5.74) is 5.43. The highest BCUT2D eigenvalue weighted by molar-refractivity contribution is 14.0. The number of likely N-dealkylation sites (tertiary alicyclic amines) is 1. The van der Waals surface area contributed by atoms with E-state index >= 15 is 0 Å². The van der Waals surface area contributed by atoms with Crippen LogP contribution in [0.4, 0.5) is 0 Å². The van der Waals surface area contributed by atoms with Crippen molar-refractivity contribution >= 4 is 35.8 Å². The highest BCUT2D eigenvalue weighted by atomic mass is 127. The number of nitrogens with zero attached hydrogens (tertiary/aromatic N) is 3. The molecule has 0 aromatic heterocycles. The number of piperidine rings is 1. The maximum Gasteiger partial charge on any atom is 0.221 e. The molecule has 1 unspecified atom stereocenters. The molecule has 0 saturated carbocycles. The van der Waals surface area contributed by atoms with E-state index in [-0.39, 0.29) is 35.8 Å². The van der Waals surface area contributed by atoms with E-state index in [2.05, 4.69) is 25.4 Å². The van der Waals surface area contributed by atoms with E-state index in [4.69, 9.17) is 10.5 Å². The molecule has 4 N–H and O–H groups in total. The van der Waals surface area contributed by atoms with Crippen molar-refractivity contribution in [1.29, 1.82) is 0 Å². The van der Waals surface area contributed by atoms with Gasteiger partial charge in [0.05, 0.1) is 19.1 Å². The van der Waals surface area contributed by atoms with Gasteiger partial charge in [0.1, 0.15) is 0 Å². The lowest BCUT2D eigenvalue weighted by Crippen LogP contribution is -2.45. The zero-order valence-electron chi connectivity index (χ0n) is 15.9. The van der Waals surface area contributed by atoms with Gasteiger partial charge in [0.15, 0.2) is 5.96 Å². The van der Waals surface area contributed by atoms with Gasteiger partial charge in [0.25, 0.3) is 0 Å². The highest BCUT2D eigenvalue weighted by Crippen LogP contribution is 2.15. The van der Waals surface area contributed by atoms with Crippen molar-refractivity contribution in [3.63, 3.8) is 0 Å². The van der Waals surface area contributed by atoms with Crippen LogP contribution in [-0.4, -0.2) is 94.3 Å². The molecule has 26 heavy (non-hydrogen) atoms. The molecule has 2 heterocycles. The Balaban J connectivity index is 0.00000338. The summed E-state index contributed by atoms with van der Waals surface area (Å²) in [6, 6.07) is 0. The summed E-state index contributed by atoms with van der Waals surface area (Å²) in [5, 5.41) is 6.72. The summed E-state index contributed by atoms with van der Waals surface area (Å²) in [4.78, 5) is 20.3. The molecule has 0 aromatic carbocycles. The van der Waals surface area contributed by atoms with Crippen molar-refractivity contribution in [2.45, 2.75) is 19.3 Å². The zero-order valence-corrected chi connectivity index (χ0v) is 18.2. The topological polar surface area (TPSA) is 95.2 Å². The molecule has 9 heteroatoms. The minimum atomic E-state index is -0.160. The third-order valence-corrected chi connectivity index (χ3v) is 4.90. The number of morpholine rings is 1. The molecule has 2 fully saturated rings. The SMILES string of the molecule is CN=C(NCCCN1CCCC(C(N)=O)C1)NCCN1CCOCC1.I. The second kappa shape index (κ2) is 13.5. The average Bonchev–Trinajstić information content (AvgIpc) is 2.64. The van der Waals surface area contributed by atoms with Crippen LogP contribution in [0.3, 0.4) is 0 Å². The van der Waals surface area contributed by atoms with E-state index in [1.807, 2.05) is 0 Å². The van der Waals surface area contributed by atoms with Crippen LogP contribution in [0, 0.1) is 5.92 Å². The average molecular weight is 482 g/mol. The second-order valence-electron chi connectivity index (χ2n) is 6.78. The van der Waals surface area contributed by atoms with E-state index < -0.39 is 0 Å². The predicted molar refractivity (Wildman–Crippen MR) is 115 cm³/mol. The van der Waals surface area contributed by atoms with E-state index in [1.54, 1.807) is 7.05 Å². The monoisotopic (exact) mass is 482 g/mol. The van der Waals surface area contributed by atoms with Crippen molar-refractivity contribution in [2.24, 2.45) is 16.6 Å². The standard InChI is InChI=1S/C17H34N6O2.HI/c1-19-17(21-6-9-22-10-12-25-13-11-22)20-5-3-8-23-7-2-4-15(14-23)16(18)24;/h15H,2-14H2,1H3,(H2,18,24)(H2,19,20,21);1H. The van der Waals surface area contributed by atoms with Gasteiger partial charge in [-0.2, -0.15) is 0 Å². The maximum absolute atomic E-state index is 11.3. The van der Waals surface area contributed by atoms with E-state index in [9.17, 15) is 4.79 Å². The Hall–Kier alpha value is -0.650. The van der Waals surface area contributed by atoms with Crippen LogP contribution in [-0.2, 0) is 9.53 Å². The third kappa shape index (κ3) is 8.83. The molecule has 2 aliphatic heterocycles. The lowest BCUT2D eigenvalue weighted by molar-refractivity contribution is -0.123. The highest BCUT2D eigenvalue weighted by Gasteiger charge is 2.23. The molecule has 0 bridgehead atoms. The zero-order chi connectivity index (χ0) is 17.9. The number of aliphatic imine (C=N–C) groups is 1. The van der Waals surface area contributed by atoms with E-state index in [0.29, 0.717) is 0 Å². The Morgan fingerprint density at radius 2 is 1.88 bits per heavy atom. The van der Waals surface area contributed by atoms with Gasteiger partial charge in [-0.25, -0.2) is 0 Å². The minimum Gasteiger partial charge on any atom is -0.379 e. The fourth-order valence-electron chi connectivity index (χ4n) is 3.38. The van der Waals surface area contributed by atoms with Gasteiger partial charge in [-0.15, -0.1) is 24.0 Å². The molecule has 0 aromatic rings. The molecule has 1 atom stereocenters. The summed E-state index contributed by atoms with van der Waals surface area (Å²) < 4.78 is 5.36. The molecule has 0 spiro atoms. The van der Waals surface area contributed by atoms with Crippen LogP contribution in [0.25, 0.3) is 0 Å². The van der Waals surface area contributed by atoms with Crippen molar-refractivity contribution in [3.05, 3.63) is 0 Å². The lowest BCUT2D eigenvalue weighted by Gasteiger charge is -2.31. The van der Waals surface area contributed by atoms with Gasteiger partial charge < -0.3 is 26.0 Å². The van der Waals surface area contributed by atoms with Crippen LogP contribution in [0.5, 0.6) is 0 Å².